The molecule has 0 radical (unpaired) electrons. The second-order valence-corrected chi connectivity index (χ2v) is 7.61. The minimum absolute atomic E-state index is 0.0588. The van der Waals surface area contributed by atoms with E-state index in [1.165, 1.54) is 5.56 Å². The number of likely N-dealkylation sites (tertiary alicyclic amines) is 1. The van der Waals surface area contributed by atoms with Crippen molar-refractivity contribution in [3.8, 4) is 11.4 Å². The highest BCUT2D eigenvalue weighted by Gasteiger charge is 2.28. The van der Waals surface area contributed by atoms with Crippen LogP contribution >= 0.6 is 0 Å². The number of aromatic nitrogens is 2. The SMILES string of the molecule is CN(Cc1nc(-c2ccccc2)no1)C(=O)C1CCN(Cc2ccccc2)CC1. The van der Waals surface area contributed by atoms with Gasteiger partial charge in [-0.1, -0.05) is 65.8 Å². The van der Waals surface area contributed by atoms with Crippen molar-refractivity contribution in [3.63, 3.8) is 0 Å². The van der Waals surface area contributed by atoms with Gasteiger partial charge in [-0.05, 0) is 31.5 Å². The summed E-state index contributed by atoms with van der Waals surface area (Å²) in [6, 6.07) is 20.2. The Hall–Kier alpha value is -2.99. The lowest BCUT2D eigenvalue weighted by molar-refractivity contribution is -0.136. The van der Waals surface area contributed by atoms with Gasteiger partial charge in [0.2, 0.25) is 17.6 Å². The predicted octanol–water partition coefficient (Wildman–Crippen LogP) is 3.61. The van der Waals surface area contributed by atoms with E-state index in [2.05, 4.69) is 39.3 Å². The quantitative estimate of drug-likeness (QED) is 0.643. The first-order valence-electron chi connectivity index (χ1n) is 10.1. The monoisotopic (exact) mass is 390 g/mol. The summed E-state index contributed by atoms with van der Waals surface area (Å²) >= 11 is 0. The van der Waals surface area contributed by atoms with Crippen LogP contribution in [0.15, 0.2) is 65.2 Å². The topological polar surface area (TPSA) is 62.5 Å². The Morgan fingerprint density at radius 2 is 1.72 bits per heavy atom. The number of amides is 1. The largest absolute Gasteiger partial charge is 0.337 e. The maximum atomic E-state index is 12.9. The summed E-state index contributed by atoms with van der Waals surface area (Å²) in [6.45, 7) is 3.17. The fourth-order valence-corrected chi connectivity index (χ4v) is 3.80. The number of piperidine rings is 1. The van der Waals surface area contributed by atoms with Gasteiger partial charge in [0.1, 0.15) is 0 Å². The lowest BCUT2D eigenvalue weighted by Gasteiger charge is -2.32. The number of hydrogen-bond donors (Lipinski definition) is 0. The van der Waals surface area contributed by atoms with Crippen LogP contribution in [0.25, 0.3) is 11.4 Å². The highest BCUT2D eigenvalue weighted by Crippen LogP contribution is 2.22. The predicted molar refractivity (Wildman–Crippen MR) is 111 cm³/mol. The van der Waals surface area contributed by atoms with Crippen LogP contribution in [-0.4, -0.2) is 46.0 Å². The molecule has 1 aliphatic rings. The first kappa shape index (κ1) is 19.3. The van der Waals surface area contributed by atoms with Crippen molar-refractivity contribution in [1.29, 1.82) is 0 Å². The van der Waals surface area contributed by atoms with Crippen molar-refractivity contribution in [2.75, 3.05) is 20.1 Å². The lowest BCUT2D eigenvalue weighted by Crippen LogP contribution is -2.40. The van der Waals surface area contributed by atoms with E-state index in [9.17, 15) is 4.79 Å². The second-order valence-electron chi connectivity index (χ2n) is 7.61. The van der Waals surface area contributed by atoms with Gasteiger partial charge in [0.15, 0.2) is 0 Å². The Morgan fingerprint density at radius 3 is 2.41 bits per heavy atom. The number of benzene rings is 2. The Bertz CT molecular complexity index is 918. The zero-order valence-corrected chi connectivity index (χ0v) is 16.7. The standard InChI is InChI=1S/C23H26N4O2/c1-26(17-21-24-22(25-29-21)19-10-6-3-7-11-19)23(28)20-12-14-27(15-13-20)16-18-8-4-2-5-9-18/h2-11,20H,12-17H2,1H3. The smallest absolute Gasteiger partial charge is 0.246 e. The minimum Gasteiger partial charge on any atom is -0.337 e. The molecule has 2 aromatic carbocycles. The van der Waals surface area contributed by atoms with Crippen LogP contribution in [0.2, 0.25) is 0 Å². The number of hydrogen-bond acceptors (Lipinski definition) is 5. The Kier molecular flexibility index (Phi) is 6.00. The third-order valence-electron chi connectivity index (χ3n) is 5.43. The van der Waals surface area contributed by atoms with E-state index in [-0.39, 0.29) is 11.8 Å². The van der Waals surface area contributed by atoms with Gasteiger partial charge in [0, 0.05) is 25.1 Å². The minimum atomic E-state index is 0.0588. The van der Waals surface area contributed by atoms with Crippen molar-refractivity contribution < 1.29 is 9.32 Å². The number of rotatable bonds is 6. The van der Waals surface area contributed by atoms with Crippen molar-refractivity contribution in [3.05, 3.63) is 72.1 Å². The molecule has 150 valence electrons. The van der Waals surface area contributed by atoms with E-state index in [0.29, 0.717) is 18.3 Å². The maximum absolute atomic E-state index is 12.9. The van der Waals surface area contributed by atoms with Gasteiger partial charge < -0.3 is 9.42 Å². The Labute approximate surface area is 171 Å². The Morgan fingerprint density at radius 1 is 1.07 bits per heavy atom. The van der Waals surface area contributed by atoms with Crippen LogP contribution in [0.1, 0.15) is 24.3 Å². The van der Waals surface area contributed by atoms with Crippen molar-refractivity contribution in [1.82, 2.24) is 19.9 Å². The summed E-state index contributed by atoms with van der Waals surface area (Å²) in [6.07, 6.45) is 1.77. The molecule has 3 aromatic rings. The fraction of sp³-hybridized carbons (Fsp3) is 0.348. The van der Waals surface area contributed by atoms with E-state index in [1.54, 1.807) is 4.90 Å². The molecule has 2 heterocycles. The molecular weight excluding hydrogens is 364 g/mol. The molecule has 0 N–H and O–H groups in total. The lowest BCUT2D eigenvalue weighted by atomic mass is 9.95. The molecule has 1 fully saturated rings. The van der Waals surface area contributed by atoms with Crippen LogP contribution < -0.4 is 0 Å². The molecule has 1 saturated heterocycles. The molecule has 6 heteroatoms. The number of nitrogens with zero attached hydrogens (tertiary/aromatic N) is 4. The van der Waals surface area contributed by atoms with Crippen molar-refractivity contribution in [2.45, 2.75) is 25.9 Å². The number of carbonyl (C=O) groups excluding carboxylic acids is 1. The Balaban J connectivity index is 1.28. The zero-order chi connectivity index (χ0) is 20.1. The molecular formula is C23H26N4O2. The van der Waals surface area contributed by atoms with E-state index >= 15 is 0 Å². The highest BCUT2D eigenvalue weighted by molar-refractivity contribution is 5.78. The first-order valence-corrected chi connectivity index (χ1v) is 10.1. The van der Waals surface area contributed by atoms with Gasteiger partial charge in [-0.2, -0.15) is 4.98 Å². The van der Waals surface area contributed by atoms with E-state index < -0.39 is 0 Å². The summed E-state index contributed by atoms with van der Waals surface area (Å²) < 4.78 is 5.35. The summed E-state index contributed by atoms with van der Waals surface area (Å²) in [7, 11) is 1.81. The van der Waals surface area contributed by atoms with Gasteiger partial charge in [-0.25, -0.2) is 0 Å². The average Bonchev–Trinajstić information content (AvgIpc) is 3.23. The summed E-state index contributed by atoms with van der Waals surface area (Å²) in [5.74, 6) is 1.23. The fourth-order valence-electron chi connectivity index (χ4n) is 3.80. The van der Waals surface area contributed by atoms with Gasteiger partial charge in [0.25, 0.3) is 0 Å². The van der Waals surface area contributed by atoms with Gasteiger partial charge in [-0.3, -0.25) is 9.69 Å². The zero-order valence-electron chi connectivity index (χ0n) is 16.7. The molecule has 0 unspecified atom stereocenters. The van der Waals surface area contributed by atoms with Crippen LogP contribution in [0.3, 0.4) is 0 Å². The van der Waals surface area contributed by atoms with Crippen LogP contribution in [-0.2, 0) is 17.9 Å². The van der Waals surface area contributed by atoms with Crippen LogP contribution in [0, 0.1) is 5.92 Å². The summed E-state index contributed by atoms with van der Waals surface area (Å²) in [5.41, 5.74) is 2.22. The molecule has 0 saturated carbocycles. The van der Waals surface area contributed by atoms with Crippen LogP contribution in [0.5, 0.6) is 0 Å². The molecule has 4 rings (SSSR count). The highest BCUT2D eigenvalue weighted by atomic mass is 16.5. The van der Waals surface area contributed by atoms with Gasteiger partial charge >= 0.3 is 0 Å². The summed E-state index contributed by atoms with van der Waals surface area (Å²) in [5, 5.41) is 4.03. The average molecular weight is 390 g/mol. The molecule has 0 aliphatic carbocycles. The second kappa shape index (κ2) is 9.01. The van der Waals surface area contributed by atoms with E-state index in [1.807, 2.05) is 43.4 Å². The first-order chi connectivity index (χ1) is 14.2. The molecule has 1 aliphatic heterocycles. The van der Waals surface area contributed by atoms with Crippen molar-refractivity contribution in [2.24, 2.45) is 5.92 Å². The normalized spacial score (nSPS) is 15.3. The van der Waals surface area contributed by atoms with Crippen LogP contribution in [0.4, 0.5) is 0 Å². The third-order valence-corrected chi connectivity index (χ3v) is 5.43. The van der Waals surface area contributed by atoms with Gasteiger partial charge in [-0.15, -0.1) is 0 Å². The molecule has 0 atom stereocenters. The molecule has 29 heavy (non-hydrogen) atoms. The molecule has 0 spiro atoms. The van der Waals surface area contributed by atoms with Gasteiger partial charge in [0.05, 0.1) is 6.54 Å². The summed E-state index contributed by atoms with van der Waals surface area (Å²) in [4.78, 5) is 21.4. The molecule has 1 amide bonds. The maximum Gasteiger partial charge on any atom is 0.246 e. The molecule has 0 bridgehead atoms. The van der Waals surface area contributed by atoms with E-state index in [0.717, 1.165) is 38.0 Å². The number of carbonyl (C=O) groups is 1. The van der Waals surface area contributed by atoms with E-state index in [4.69, 9.17) is 4.52 Å². The van der Waals surface area contributed by atoms with Crippen molar-refractivity contribution >= 4 is 5.91 Å². The molecule has 6 nitrogen and oxygen atoms in total. The molecule has 1 aromatic heterocycles. The third kappa shape index (κ3) is 4.90.